The normalized spacial score (nSPS) is 33.2. The van der Waals surface area contributed by atoms with Crippen LogP contribution in [0.4, 0.5) is 0 Å². The summed E-state index contributed by atoms with van der Waals surface area (Å²) in [5, 5.41) is 23.0. The first kappa shape index (κ1) is 26.0. The third kappa shape index (κ3) is 6.40. The molecule has 0 saturated heterocycles. The number of hydrogen-bond donors (Lipinski definition) is 4. The molecule has 2 saturated carbocycles. The molecule has 0 aromatic rings. The van der Waals surface area contributed by atoms with E-state index in [4.69, 9.17) is 4.55 Å². The lowest BCUT2D eigenvalue weighted by molar-refractivity contribution is -0.124. The largest absolute Gasteiger partial charge is 0.387 e. The fourth-order valence-corrected chi connectivity index (χ4v) is 6.06. The van der Waals surface area contributed by atoms with Gasteiger partial charge in [-0.1, -0.05) is 44.6 Å². The smallest absolute Gasteiger partial charge is 0.266 e. The van der Waals surface area contributed by atoms with Crippen molar-refractivity contribution >= 4 is 16.0 Å². The molecule has 0 spiro atoms. The zero-order valence-corrected chi connectivity index (χ0v) is 20.0. The first-order valence-corrected chi connectivity index (χ1v) is 12.7. The van der Waals surface area contributed by atoms with Crippen LogP contribution >= 0.6 is 0 Å². The molecule has 4 N–H and O–H groups in total. The molecule has 0 aromatic heterocycles. The molecule has 2 fully saturated rings. The highest BCUT2D eigenvalue weighted by molar-refractivity contribution is 7.85. The fraction of sp³-hybridized carbons (Fsp3) is 0.783. The molecule has 31 heavy (non-hydrogen) atoms. The van der Waals surface area contributed by atoms with Crippen LogP contribution in [0.3, 0.4) is 0 Å². The van der Waals surface area contributed by atoms with Crippen LogP contribution in [-0.2, 0) is 14.9 Å². The monoisotopic (exact) mass is 457 g/mol. The van der Waals surface area contributed by atoms with Crippen LogP contribution in [0.5, 0.6) is 0 Å². The highest BCUT2D eigenvalue weighted by Gasteiger charge is 2.54. The molecule has 2 aliphatic rings. The Morgan fingerprint density at radius 3 is 2.58 bits per heavy atom. The molecule has 0 unspecified atom stereocenters. The van der Waals surface area contributed by atoms with E-state index >= 15 is 0 Å². The number of carbonyl (C=O) groups excluding carboxylic acids is 1. The van der Waals surface area contributed by atoms with E-state index in [1.54, 1.807) is 19.9 Å². The Hall–Kier alpha value is -1.22. The van der Waals surface area contributed by atoms with E-state index in [0.717, 1.165) is 37.7 Å². The van der Waals surface area contributed by atoms with Gasteiger partial charge in [0, 0.05) is 13.0 Å². The van der Waals surface area contributed by atoms with Gasteiger partial charge in [0.1, 0.15) is 6.10 Å². The topological polar surface area (TPSA) is 124 Å². The second-order valence-corrected chi connectivity index (χ2v) is 12.0. The predicted molar refractivity (Wildman–Crippen MR) is 121 cm³/mol. The van der Waals surface area contributed by atoms with E-state index in [2.05, 4.69) is 31.8 Å². The number of allylic oxidation sites excluding steroid dienone is 2. The molecule has 8 heteroatoms. The molecular weight excluding hydrogens is 418 g/mol. The molecule has 5 atom stereocenters. The molecule has 0 bridgehead atoms. The molecule has 7 nitrogen and oxygen atoms in total. The van der Waals surface area contributed by atoms with E-state index in [0.29, 0.717) is 5.92 Å². The summed E-state index contributed by atoms with van der Waals surface area (Å²) in [7, 11) is -4.11. The number of aliphatic hydroxyl groups excluding tert-OH is 1. The van der Waals surface area contributed by atoms with Crippen molar-refractivity contribution in [1.29, 1.82) is 0 Å². The van der Waals surface area contributed by atoms with Gasteiger partial charge < -0.3 is 15.5 Å². The molecule has 0 heterocycles. The molecule has 1 amide bonds. The summed E-state index contributed by atoms with van der Waals surface area (Å²) in [5.41, 5.74) is -0.478. The van der Waals surface area contributed by atoms with Gasteiger partial charge in [-0.25, -0.2) is 0 Å². The second kappa shape index (κ2) is 9.33. The summed E-state index contributed by atoms with van der Waals surface area (Å²) in [4.78, 5) is 12.5. The number of rotatable bonds is 8. The highest BCUT2D eigenvalue weighted by atomic mass is 32.2. The van der Waals surface area contributed by atoms with Crippen LogP contribution in [-0.4, -0.2) is 53.1 Å². The second-order valence-electron chi connectivity index (χ2n) is 10.5. The lowest BCUT2D eigenvalue weighted by Crippen LogP contribution is -2.51. The average Bonchev–Trinajstić information content (AvgIpc) is 2.61. The zero-order valence-electron chi connectivity index (χ0n) is 19.2. The van der Waals surface area contributed by atoms with E-state index < -0.39 is 27.6 Å². The maximum Gasteiger partial charge on any atom is 0.266 e. The van der Waals surface area contributed by atoms with Crippen LogP contribution in [0.15, 0.2) is 24.3 Å². The quantitative estimate of drug-likeness (QED) is 0.328. The van der Waals surface area contributed by atoms with Crippen molar-refractivity contribution in [3.63, 3.8) is 0 Å². The Balaban J connectivity index is 2.19. The van der Waals surface area contributed by atoms with Gasteiger partial charge in [0.05, 0.1) is 11.4 Å². The third-order valence-corrected chi connectivity index (χ3v) is 8.24. The minimum absolute atomic E-state index is 0.0239. The zero-order chi connectivity index (χ0) is 23.7. The van der Waals surface area contributed by atoms with Crippen molar-refractivity contribution in [2.24, 2.45) is 22.7 Å². The average molecular weight is 458 g/mol. The number of fused-ring (bicyclic) bond motifs is 1. The molecule has 2 aliphatic carbocycles. The summed E-state index contributed by atoms with van der Waals surface area (Å²) in [6.45, 7) is 11.7. The molecule has 0 aliphatic heterocycles. The Morgan fingerprint density at radius 2 is 2.00 bits per heavy atom. The minimum atomic E-state index is -4.11. The summed E-state index contributed by atoms with van der Waals surface area (Å²) < 4.78 is 30.6. The number of carbonyl (C=O) groups is 1. The Bertz CT molecular complexity index is 814. The van der Waals surface area contributed by atoms with Crippen molar-refractivity contribution in [2.45, 2.75) is 77.9 Å². The third-order valence-electron chi connectivity index (χ3n) is 7.52. The molecular formula is C23H39NO6S. The van der Waals surface area contributed by atoms with Gasteiger partial charge in [-0.2, -0.15) is 8.42 Å². The van der Waals surface area contributed by atoms with Gasteiger partial charge in [-0.15, -0.1) is 0 Å². The standard InChI is InChI=1S/C23H39NO6S/c1-16-7-8-18-22(4,12-9-19(25)21(2,3)27)10-6-11-23(18,5)17(16)15-20(26)24-13-14-31(28,29)30/h9,12,17-19,25,27H,1,6-8,10-11,13-15H2,2-5H3,(H,24,26)(H,28,29,30)/t17-,18-,19-,22-,23+/m0/s1. The maximum atomic E-state index is 12.5. The lowest BCUT2D eigenvalue weighted by Gasteiger charge is -2.58. The predicted octanol–water partition coefficient (Wildman–Crippen LogP) is 2.85. The van der Waals surface area contributed by atoms with Gasteiger partial charge in [0.2, 0.25) is 5.91 Å². The number of nitrogens with one attached hydrogen (secondary N) is 1. The number of hydrogen-bond acceptors (Lipinski definition) is 5. The van der Waals surface area contributed by atoms with Crippen LogP contribution in [0.25, 0.3) is 0 Å². The maximum absolute atomic E-state index is 12.5. The van der Waals surface area contributed by atoms with Gasteiger partial charge in [0.15, 0.2) is 0 Å². The molecule has 178 valence electrons. The summed E-state index contributed by atoms with van der Waals surface area (Å²) in [6, 6.07) is 0. The number of aliphatic hydroxyl groups is 2. The van der Waals surface area contributed by atoms with E-state index in [-0.39, 0.29) is 35.6 Å². The van der Waals surface area contributed by atoms with Gasteiger partial charge >= 0.3 is 0 Å². The SMILES string of the molecule is C=C1CC[C@@H]2[C@](C)(CCC[C@@]2(C)C=C[C@H](O)C(C)(C)O)[C@H]1CC(=O)NCCS(=O)(=O)O. The summed E-state index contributed by atoms with van der Waals surface area (Å²) in [6.07, 6.45) is 7.74. The van der Waals surface area contributed by atoms with Crippen molar-refractivity contribution < 1.29 is 28.0 Å². The Morgan fingerprint density at radius 1 is 1.35 bits per heavy atom. The van der Waals surface area contributed by atoms with Gasteiger partial charge in [-0.3, -0.25) is 9.35 Å². The Labute approximate surface area is 186 Å². The molecule has 0 radical (unpaired) electrons. The first-order valence-electron chi connectivity index (χ1n) is 11.1. The molecule has 2 rings (SSSR count). The van der Waals surface area contributed by atoms with Gasteiger partial charge in [0.25, 0.3) is 10.1 Å². The van der Waals surface area contributed by atoms with Crippen LogP contribution in [0, 0.1) is 22.7 Å². The van der Waals surface area contributed by atoms with E-state index in [1.165, 1.54) is 0 Å². The van der Waals surface area contributed by atoms with E-state index in [9.17, 15) is 23.4 Å². The van der Waals surface area contributed by atoms with Crippen LogP contribution in [0.1, 0.15) is 66.2 Å². The summed E-state index contributed by atoms with van der Waals surface area (Å²) >= 11 is 0. The highest BCUT2D eigenvalue weighted by Crippen LogP contribution is 2.62. The number of amides is 1. The fourth-order valence-electron chi connectivity index (χ4n) is 5.70. The minimum Gasteiger partial charge on any atom is -0.387 e. The Kier molecular flexibility index (Phi) is 7.84. The lowest BCUT2D eigenvalue weighted by atomic mass is 9.46. The van der Waals surface area contributed by atoms with Crippen molar-refractivity contribution in [3.05, 3.63) is 24.3 Å². The van der Waals surface area contributed by atoms with Crippen molar-refractivity contribution in [1.82, 2.24) is 5.32 Å². The summed E-state index contributed by atoms with van der Waals surface area (Å²) in [5.74, 6) is -0.474. The van der Waals surface area contributed by atoms with Gasteiger partial charge in [-0.05, 0) is 62.2 Å². The van der Waals surface area contributed by atoms with E-state index in [1.807, 2.05) is 0 Å². The molecule has 0 aromatic carbocycles. The first-order chi connectivity index (χ1) is 14.1. The van der Waals surface area contributed by atoms with Crippen LogP contribution in [0.2, 0.25) is 0 Å². The van der Waals surface area contributed by atoms with Crippen molar-refractivity contribution in [3.8, 4) is 0 Å². The van der Waals surface area contributed by atoms with Crippen LogP contribution < -0.4 is 5.32 Å². The van der Waals surface area contributed by atoms with Crippen molar-refractivity contribution in [2.75, 3.05) is 12.3 Å².